The normalized spacial score (nSPS) is 10.8. The van der Waals surface area contributed by atoms with Crippen molar-refractivity contribution in [1.29, 1.82) is 0 Å². The Bertz CT molecular complexity index is 670. The third kappa shape index (κ3) is 9.86. The van der Waals surface area contributed by atoms with Crippen molar-refractivity contribution in [3.05, 3.63) is 59.9 Å². The van der Waals surface area contributed by atoms with E-state index in [0.717, 1.165) is 35.9 Å². The molecule has 0 amide bonds. The van der Waals surface area contributed by atoms with Crippen LogP contribution in [0.1, 0.15) is 24.1 Å². The van der Waals surface area contributed by atoms with Gasteiger partial charge in [-0.3, -0.25) is 9.98 Å². The zero-order valence-corrected chi connectivity index (χ0v) is 19.1. The van der Waals surface area contributed by atoms with Crippen LogP contribution in [0, 0.1) is 0 Å². The van der Waals surface area contributed by atoms with Crippen LogP contribution in [0.2, 0.25) is 0 Å². The first-order chi connectivity index (χ1) is 12.8. The molecule has 1 aromatic carbocycles. The van der Waals surface area contributed by atoms with Crippen LogP contribution in [-0.4, -0.2) is 36.5 Å². The first-order valence-corrected chi connectivity index (χ1v) is 10.3. The minimum atomic E-state index is 0. The van der Waals surface area contributed by atoms with E-state index in [0.29, 0.717) is 13.2 Å². The summed E-state index contributed by atoms with van der Waals surface area (Å²) in [6.07, 6.45) is 6.29. The SMILES string of the molecule is CN=C(NCCCCSC)NCc1cccc(OCc2ccccn2)c1.I. The van der Waals surface area contributed by atoms with Gasteiger partial charge in [0.2, 0.25) is 0 Å². The molecule has 0 radical (unpaired) electrons. The highest BCUT2D eigenvalue weighted by Crippen LogP contribution is 2.14. The fourth-order valence-electron chi connectivity index (χ4n) is 2.37. The zero-order valence-electron chi connectivity index (χ0n) is 16.0. The molecule has 0 fully saturated rings. The second-order valence-corrected chi connectivity index (χ2v) is 6.80. The predicted octanol–water partition coefficient (Wildman–Crippen LogP) is 4.09. The number of ether oxygens (including phenoxy) is 1. The summed E-state index contributed by atoms with van der Waals surface area (Å²) in [5.74, 6) is 2.88. The van der Waals surface area contributed by atoms with Gasteiger partial charge in [-0.1, -0.05) is 18.2 Å². The highest BCUT2D eigenvalue weighted by Gasteiger charge is 2.01. The number of hydrogen-bond acceptors (Lipinski definition) is 4. The average molecular weight is 500 g/mol. The van der Waals surface area contributed by atoms with E-state index < -0.39 is 0 Å². The first-order valence-electron chi connectivity index (χ1n) is 8.87. The van der Waals surface area contributed by atoms with Crippen molar-refractivity contribution in [3.8, 4) is 5.75 Å². The molecule has 0 saturated heterocycles. The topological polar surface area (TPSA) is 58.5 Å². The molecule has 0 aliphatic heterocycles. The van der Waals surface area contributed by atoms with Gasteiger partial charge in [-0.05, 0) is 54.7 Å². The summed E-state index contributed by atoms with van der Waals surface area (Å²) in [5, 5.41) is 6.69. The summed E-state index contributed by atoms with van der Waals surface area (Å²) in [7, 11) is 1.80. The summed E-state index contributed by atoms with van der Waals surface area (Å²) in [6, 6.07) is 13.9. The van der Waals surface area contributed by atoms with Gasteiger partial charge in [-0.25, -0.2) is 0 Å². The minimum Gasteiger partial charge on any atom is -0.487 e. The number of nitrogens with one attached hydrogen (secondary N) is 2. The minimum absolute atomic E-state index is 0. The fraction of sp³-hybridized carbons (Fsp3) is 0.400. The number of aromatic nitrogens is 1. The van der Waals surface area contributed by atoms with Gasteiger partial charge in [0.25, 0.3) is 0 Å². The Kier molecular flexibility index (Phi) is 12.7. The Morgan fingerprint density at radius 1 is 1.15 bits per heavy atom. The molecular weight excluding hydrogens is 471 g/mol. The standard InChI is InChI=1S/C20H28N4OS.HI/c1-21-20(23-12-5-6-13-26-2)24-15-17-8-7-10-19(14-17)25-16-18-9-3-4-11-22-18;/h3-4,7-11,14H,5-6,12-13,15-16H2,1-2H3,(H2,21,23,24);1H. The molecule has 2 aromatic rings. The molecule has 0 saturated carbocycles. The molecule has 2 N–H and O–H groups in total. The van der Waals surface area contributed by atoms with Gasteiger partial charge in [-0.2, -0.15) is 11.8 Å². The van der Waals surface area contributed by atoms with Crippen molar-refractivity contribution < 1.29 is 4.74 Å². The molecule has 0 atom stereocenters. The van der Waals surface area contributed by atoms with Crippen LogP contribution in [0.3, 0.4) is 0 Å². The summed E-state index contributed by atoms with van der Waals surface area (Å²) in [6.45, 7) is 2.11. The highest BCUT2D eigenvalue weighted by molar-refractivity contribution is 14.0. The number of halogens is 1. The molecular formula is C20H29IN4OS. The van der Waals surface area contributed by atoms with Crippen molar-refractivity contribution in [2.24, 2.45) is 4.99 Å². The molecule has 0 unspecified atom stereocenters. The van der Waals surface area contributed by atoms with Crippen LogP contribution < -0.4 is 15.4 Å². The maximum Gasteiger partial charge on any atom is 0.191 e. The van der Waals surface area contributed by atoms with Crippen LogP contribution >= 0.6 is 35.7 Å². The number of nitrogens with zero attached hydrogens (tertiary/aromatic N) is 2. The second kappa shape index (κ2) is 14.6. The number of thioether (sulfide) groups is 1. The van der Waals surface area contributed by atoms with E-state index in [4.69, 9.17) is 4.74 Å². The van der Waals surface area contributed by atoms with Crippen LogP contribution in [-0.2, 0) is 13.2 Å². The van der Waals surface area contributed by atoms with Gasteiger partial charge in [0.15, 0.2) is 5.96 Å². The Morgan fingerprint density at radius 2 is 2.04 bits per heavy atom. The number of pyridine rings is 1. The van der Waals surface area contributed by atoms with Crippen LogP contribution in [0.5, 0.6) is 5.75 Å². The summed E-state index contributed by atoms with van der Waals surface area (Å²) in [4.78, 5) is 8.54. The van der Waals surface area contributed by atoms with E-state index >= 15 is 0 Å². The van der Waals surface area contributed by atoms with E-state index in [1.54, 1.807) is 13.2 Å². The Morgan fingerprint density at radius 3 is 2.78 bits per heavy atom. The van der Waals surface area contributed by atoms with E-state index in [1.807, 2.05) is 48.2 Å². The van der Waals surface area contributed by atoms with Gasteiger partial charge < -0.3 is 15.4 Å². The maximum atomic E-state index is 5.83. The monoisotopic (exact) mass is 500 g/mol. The van der Waals surface area contributed by atoms with Gasteiger partial charge in [0.1, 0.15) is 12.4 Å². The van der Waals surface area contributed by atoms with E-state index in [2.05, 4.69) is 32.9 Å². The first kappa shape index (κ1) is 23.6. The predicted molar refractivity (Wildman–Crippen MR) is 126 cm³/mol. The molecule has 1 aromatic heterocycles. The summed E-state index contributed by atoms with van der Waals surface area (Å²) in [5.41, 5.74) is 2.07. The lowest BCUT2D eigenvalue weighted by Gasteiger charge is -2.12. The summed E-state index contributed by atoms with van der Waals surface area (Å²) >= 11 is 1.89. The Labute approximate surface area is 183 Å². The third-order valence-electron chi connectivity index (χ3n) is 3.76. The molecule has 2 rings (SSSR count). The van der Waals surface area contributed by atoms with Gasteiger partial charge in [0, 0.05) is 26.3 Å². The van der Waals surface area contributed by atoms with Gasteiger partial charge in [0.05, 0.1) is 5.69 Å². The van der Waals surface area contributed by atoms with Crippen molar-refractivity contribution in [3.63, 3.8) is 0 Å². The van der Waals surface area contributed by atoms with Crippen LogP contribution in [0.4, 0.5) is 0 Å². The van der Waals surface area contributed by atoms with Crippen molar-refractivity contribution in [2.45, 2.75) is 26.0 Å². The summed E-state index contributed by atoms with van der Waals surface area (Å²) < 4.78 is 5.83. The highest BCUT2D eigenvalue weighted by atomic mass is 127. The molecule has 27 heavy (non-hydrogen) atoms. The van der Waals surface area contributed by atoms with Crippen molar-refractivity contribution >= 4 is 41.7 Å². The Hall–Kier alpha value is -1.48. The number of benzene rings is 1. The zero-order chi connectivity index (χ0) is 18.5. The van der Waals surface area contributed by atoms with E-state index in [9.17, 15) is 0 Å². The average Bonchev–Trinajstić information content (AvgIpc) is 2.69. The van der Waals surface area contributed by atoms with Crippen LogP contribution in [0.15, 0.2) is 53.7 Å². The van der Waals surface area contributed by atoms with E-state index in [-0.39, 0.29) is 24.0 Å². The lowest BCUT2D eigenvalue weighted by Crippen LogP contribution is -2.37. The van der Waals surface area contributed by atoms with Gasteiger partial charge >= 0.3 is 0 Å². The fourth-order valence-corrected chi connectivity index (χ4v) is 2.86. The van der Waals surface area contributed by atoms with Crippen molar-refractivity contribution in [1.82, 2.24) is 15.6 Å². The number of rotatable bonds is 10. The quantitative estimate of drug-likeness (QED) is 0.223. The lowest BCUT2D eigenvalue weighted by atomic mass is 10.2. The van der Waals surface area contributed by atoms with Crippen molar-refractivity contribution in [2.75, 3.05) is 25.6 Å². The maximum absolute atomic E-state index is 5.83. The number of aliphatic imine (C=N–C) groups is 1. The molecule has 7 heteroatoms. The van der Waals surface area contributed by atoms with Crippen LogP contribution in [0.25, 0.3) is 0 Å². The molecule has 5 nitrogen and oxygen atoms in total. The molecule has 1 heterocycles. The largest absolute Gasteiger partial charge is 0.487 e. The number of unbranched alkanes of at least 4 members (excludes halogenated alkanes) is 1. The molecule has 0 spiro atoms. The number of guanidine groups is 1. The number of hydrogen-bond donors (Lipinski definition) is 2. The molecule has 0 aliphatic rings. The van der Waals surface area contributed by atoms with E-state index in [1.165, 1.54) is 12.2 Å². The lowest BCUT2D eigenvalue weighted by molar-refractivity contribution is 0.301. The molecule has 148 valence electrons. The molecule has 0 aliphatic carbocycles. The Balaban J connectivity index is 0.00000364. The van der Waals surface area contributed by atoms with Gasteiger partial charge in [-0.15, -0.1) is 24.0 Å². The third-order valence-corrected chi connectivity index (χ3v) is 4.46. The smallest absolute Gasteiger partial charge is 0.191 e. The second-order valence-electron chi connectivity index (χ2n) is 5.81. The molecule has 0 bridgehead atoms.